The summed E-state index contributed by atoms with van der Waals surface area (Å²) >= 11 is 0. The van der Waals surface area contributed by atoms with Gasteiger partial charge in [-0.3, -0.25) is 5.10 Å². The largest absolute Gasteiger partial charge is 0.497 e. The normalized spacial score (nSPS) is 13.7. The lowest BCUT2D eigenvalue weighted by molar-refractivity contribution is -0.137. The molecular weight excluding hydrogens is 438 g/mol. The highest BCUT2D eigenvalue weighted by Gasteiger charge is 2.28. The van der Waals surface area contributed by atoms with Gasteiger partial charge in [0.05, 0.1) is 19.8 Å². The van der Waals surface area contributed by atoms with E-state index >= 15 is 0 Å². The van der Waals surface area contributed by atoms with Crippen molar-refractivity contribution >= 4 is 23.9 Å². The van der Waals surface area contributed by atoms with Gasteiger partial charge in [-0.1, -0.05) is 12.1 Å². The van der Waals surface area contributed by atoms with Crippen LogP contribution < -0.4 is 15.0 Å². The fourth-order valence-electron chi connectivity index (χ4n) is 3.39. The molecule has 1 aliphatic heterocycles. The quantitative estimate of drug-likeness (QED) is 0.317. The van der Waals surface area contributed by atoms with Gasteiger partial charge in [0.2, 0.25) is 11.9 Å². The maximum atomic E-state index is 11.8. The van der Waals surface area contributed by atoms with E-state index in [1.165, 1.54) is 6.08 Å². The second kappa shape index (κ2) is 10.3. The maximum Gasteiger partial charge on any atom is 0.330 e. The lowest BCUT2D eigenvalue weighted by atomic mass is 10.1. The first-order valence-electron chi connectivity index (χ1n) is 10.9. The van der Waals surface area contributed by atoms with E-state index in [4.69, 9.17) is 9.47 Å². The van der Waals surface area contributed by atoms with Gasteiger partial charge in [0.25, 0.3) is 0 Å². The minimum absolute atomic E-state index is 0.294. The Balaban J connectivity index is 1.63. The number of aromatic amines is 1. The average Bonchev–Trinajstić information content (AvgIpc) is 3.20. The molecule has 1 fully saturated rings. The number of aliphatic hydroxyl groups is 1. The number of carbonyl (C=O) groups is 1. The van der Waals surface area contributed by atoms with Gasteiger partial charge in [-0.2, -0.15) is 20.1 Å². The summed E-state index contributed by atoms with van der Waals surface area (Å²) < 4.78 is 10.2. The van der Waals surface area contributed by atoms with Crippen LogP contribution in [-0.2, 0) is 16.1 Å². The third-order valence-corrected chi connectivity index (χ3v) is 5.26. The summed E-state index contributed by atoms with van der Waals surface area (Å²) in [5.41, 5.74) is 2.94. The fourth-order valence-corrected chi connectivity index (χ4v) is 3.39. The minimum atomic E-state index is -0.443. The summed E-state index contributed by atoms with van der Waals surface area (Å²) in [5.74, 6) is 1.49. The first kappa shape index (κ1) is 23.2. The predicted molar refractivity (Wildman–Crippen MR) is 126 cm³/mol. The highest BCUT2D eigenvalue weighted by molar-refractivity contribution is 5.88. The number of methoxy groups -OCH3 is 1. The number of nitrogens with one attached hydrogen (secondary N) is 2. The number of aryl methyl sites for hydroxylation is 1. The van der Waals surface area contributed by atoms with Gasteiger partial charge in [-0.05, 0) is 37.6 Å². The molecule has 1 aliphatic rings. The summed E-state index contributed by atoms with van der Waals surface area (Å²) in [5, 5.41) is 20.2. The highest BCUT2D eigenvalue weighted by Crippen LogP contribution is 2.26. The topological polar surface area (TPSA) is 138 Å². The number of aliphatic hydroxyl groups excluding tert-OH is 1. The molecule has 1 aromatic carbocycles. The van der Waals surface area contributed by atoms with Crippen LogP contribution in [0.3, 0.4) is 0 Å². The number of β-amino-alcohol motifs (C(OH)–C–C–N with tert-alkyl or cyclic N) is 1. The second-order valence-corrected chi connectivity index (χ2v) is 7.74. The summed E-state index contributed by atoms with van der Waals surface area (Å²) in [7, 11) is 1.63. The molecule has 0 saturated carbocycles. The van der Waals surface area contributed by atoms with Crippen molar-refractivity contribution in [1.82, 2.24) is 25.1 Å². The number of nitrogens with zero attached hydrogens (tertiary/aromatic N) is 5. The highest BCUT2D eigenvalue weighted by atomic mass is 16.5. The minimum Gasteiger partial charge on any atom is -0.497 e. The van der Waals surface area contributed by atoms with Gasteiger partial charge in [0, 0.05) is 37.0 Å². The number of benzene rings is 1. The molecule has 2 aromatic heterocycles. The first-order valence-corrected chi connectivity index (χ1v) is 10.9. The number of hydrogen-bond acceptors (Lipinski definition) is 10. The zero-order chi connectivity index (χ0) is 24.1. The number of H-pyrrole nitrogens is 1. The van der Waals surface area contributed by atoms with E-state index in [9.17, 15) is 9.90 Å². The van der Waals surface area contributed by atoms with Crippen LogP contribution in [0.1, 0.15) is 23.7 Å². The molecule has 4 rings (SSSR count). The Hall–Kier alpha value is -3.99. The zero-order valence-electron chi connectivity index (χ0n) is 19.3. The number of carbonyl (C=O) groups excluding carboxylic acids is 1. The molecule has 0 aliphatic carbocycles. The van der Waals surface area contributed by atoms with Gasteiger partial charge in [0.1, 0.15) is 11.4 Å². The standard InChI is InChI=1S/C23H27N7O4/c1-4-34-19(32)10-9-18-14(2)28-29-20(18)21-25-22(27-23(26-21)30-12-16(31)13-30)24-11-15-5-7-17(33-3)8-6-15/h5-10,16,31H,4,11-13H2,1-3H3,(H,28,29)(H,24,25,26,27)/b10-9+. The average molecular weight is 466 g/mol. The van der Waals surface area contributed by atoms with Crippen molar-refractivity contribution in [3.8, 4) is 17.3 Å². The number of ether oxygens (including phenoxy) is 2. The molecule has 0 radical (unpaired) electrons. The number of hydrogen-bond donors (Lipinski definition) is 3. The summed E-state index contributed by atoms with van der Waals surface area (Å²) in [4.78, 5) is 27.3. The van der Waals surface area contributed by atoms with E-state index in [0.29, 0.717) is 55.2 Å². The number of anilines is 2. The van der Waals surface area contributed by atoms with Crippen LogP contribution in [0.15, 0.2) is 30.3 Å². The second-order valence-electron chi connectivity index (χ2n) is 7.74. The van der Waals surface area contributed by atoms with Crippen molar-refractivity contribution in [2.24, 2.45) is 0 Å². The van der Waals surface area contributed by atoms with Crippen molar-refractivity contribution in [3.63, 3.8) is 0 Å². The SMILES string of the molecule is CCOC(=O)/C=C/c1c(-c2nc(NCc3ccc(OC)cc3)nc(N3CC(O)C3)n2)n[nH]c1C. The molecule has 3 heterocycles. The van der Waals surface area contributed by atoms with E-state index in [1.54, 1.807) is 20.1 Å². The van der Waals surface area contributed by atoms with Gasteiger partial charge in [-0.15, -0.1) is 0 Å². The van der Waals surface area contributed by atoms with Gasteiger partial charge >= 0.3 is 5.97 Å². The number of esters is 1. The Morgan fingerprint density at radius 1 is 1.26 bits per heavy atom. The zero-order valence-corrected chi connectivity index (χ0v) is 19.3. The molecule has 11 nitrogen and oxygen atoms in total. The molecule has 34 heavy (non-hydrogen) atoms. The van der Waals surface area contributed by atoms with Gasteiger partial charge < -0.3 is 24.8 Å². The molecular formula is C23H27N7O4. The van der Waals surface area contributed by atoms with Crippen LogP contribution >= 0.6 is 0 Å². The Labute approximate surface area is 196 Å². The molecule has 0 amide bonds. The lowest BCUT2D eigenvalue weighted by Gasteiger charge is -2.35. The Bertz CT molecular complexity index is 1170. The van der Waals surface area contributed by atoms with E-state index in [1.807, 2.05) is 36.1 Å². The fraction of sp³-hybridized carbons (Fsp3) is 0.348. The van der Waals surface area contributed by atoms with Crippen LogP contribution in [0.25, 0.3) is 17.6 Å². The molecule has 178 valence electrons. The molecule has 3 N–H and O–H groups in total. The number of rotatable bonds is 9. The van der Waals surface area contributed by atoms with Crippen LogP contribution in [0.4, 0.5) is 11.9 Å². The first-order chi connectivity index (χ1) is 16.5. The third-order valence-electron chi connectivity index (χ3n) is 5.26. The van der Waals surface area contributed by atoms with E-state index < -0.39 is 12.1 Å². The smallest absolute Gasteiger partial charge is 0.330 e. The maximum absolute atomic E-state index is 11.8. The van der Waals surface area contributed by atoms with Crippen LogP contribution in [-0.4, -0.2) is 69.1 Å². The van der Waals surface area contributed by atoms with E-state index in [2.05, 4.69) is 30.5 Å². The van der Waals surface area contributed by atoms with Crippen molar-refractivity contribution in [2.75, 3.05) is 37.0 Å². The summed E-state index contributed by atoms with van der Waals surface area (Å²) in [6, 6.07) is 7.68. The number of aromatic nitrogens is 5. The Morgan fingerprint density at radius 2 is 2.03 bits per heavy atom. The van der Waals surface area contributed by atoms with Crippen molar-refractivity contribution in [2.45, 2.75) is 26.5 Å². The van der Waals surface area contributed by atoms with Crippen LogP contribution in [0, 0.1) is 6.92 Å². The molecule has 1 saturated heterocycles. The molecule has 0 unspecified atom stereocenters. The van der Waals surface area contributed by atoms with Gasteiger partial charge in [-0.25, -0.2) is 4.79 Å². The van der Waals surface area contributed by atoms with Gasteiger partial charge in [0.15, 0.2) is 5.82 Å². The summed E-state index contributed by atoms with van der Waals surface area (Å²) in [6.45, 7) is 5.26. The predicted octanol–water partition coefficient (Wildman–Crippen LogP) is 1.95. The molecule has 3 aromatic rings. The van der Waals surface area contributed by atoms with E-state index in [-0.39, 0.29) is 0 Å². The molecule has 0 spiro atoms. The third kappa shape index (κ3) is 5.31. The summed E-state index contributed by atoms with van der Waals surface area (Å²) in [6.07, 6.45) is 2.57. The van der Waals surface area contributed by atoms with E-state index in [0.717, 1.165) is 17.0 Å². The Kier molecular flexibility index (Phi) is 7.02. The van der Waals surface area contributed by atoms with Crippen LogP contribution in [0.2, 0.25) is 0 Å². The molecule has 0 bridgehead atoms. The Morgan fingerprint density at radius 3 is 2.71 bits per heavy atom. The van der Waals surface area contributed by atoms with Crippen molar-refractivity contribution < 1.29 is 19.4 Å². The van der Waals surface area contributed by atoms with Crippen molar-refractivity contribution in [3.05, 3.63) is 47.2 Å². The molecule has 0 atom stereocenters. The monoisotopic (exact) mass is 465 g/mol. The molecule has 11 heteroatoms. The van der Waals surface area contributed by atoms with Crippen LogP contribution in [0.5, 0.6) is 5.75 Å². The van der Waals surface area contributed by atoms with Crippen molar-refractivity contribution in [1.29, 1.82) is 0 Å². The lowest BCUT2D eigenvalue weighted by Crippen LogP contribution is -2.51.